The van der Waals surface area contributed by atoms with Crippen LogP contribution in [0, 0.1) is 6.92 Å². The number of nitrogens with one attached hydrogen (secondary N) is 1. The molecule has 0 unspecified atom stereocenters. The van der Waals surface area contributed by atoms with Crippen molar-refractivity contribution in [2.24, 2.45) is 0 Å². The van der Waals surface area contributed by atoms with Crippen molar-refractivity contribution in [3.8, 4) is 16.9 Å². The van der Waals surface area contributed by atoms with E-state index in [0.717, 1.165) is 22.3 Å². The Bertz CT molecular complexity index is 767. The van der Waals surface area contributed by atoms with Crippen LogP contribution in [-0.4, -0.2) is 10.6 Å². The maximum atomic E-state index is 10.9. The second kappa shape index (κ2) is 7.01. The summed E-state index contributed by atoms with van der Waals surface area (Å²) in [6.45, 7) is 15.5. The summed E-state index contributed by atoms with van der Waals surface area (Å²) in [6, 6.07) is 10.1. The maximum absolute atomic E-state index is 10.9. The zero-order valence-electron chi connectivity index (χ0n) is 16.4. The molecule has 0 aliphatic rings. The van der Waals surface area contributed by atoms with E-state index in [1.54, 1.807) is 0 Å². The van der Waals surface area contributed by atoms with Crippen LogP contribution in [0.2, 0.25) is 5.02 Å². The van der Waals surface area contributed by atoms with Gasteiger partial charge in [-0.05, 0) is 61.9 Å². The van der Waals surface area contributed by atoms with Gasteiger partial charge in [-0.15, -0.1) is 0 Å². The molecule has 0 amide bonds. The first-order valence-corrected chi connectivity index (χ1v) is 9.14. The molecule has 2 nitrogen and oxygen atoms in total. The summed E-state index contributed by atoms with van der Waals surface area (Å²) in [5.74, 6) is 0.324. The summed E-state index contributed by atoms with van der Waals surface area (Å²) >= 11 is 6.31. The molecule has 2 N–H and O–H groups in total. The SMILES string of the molecule is Cc1ccc(-c2cc(C(C)(C)C)cc(CNC(C)(C)C)c2O)cc1Cl. The summed E-state index contributed by atoms with van der Waals surface area (Å²) in [7, 11) is 0. The van der Waals surface area contributed by atoms with Gasteiger partial charge in [0.25, 0.3) is 0 Å². The molecule has 3 heteroatoms. The minimum Gasteiger partial charge on any atom is -0.507 e. The molecule has 2 aromatic rings. The van der Waals surface area contributed by atoms with Crippen molar-refractivity contribution in [3.63, 3.8) is 0 Å². The standard InChI is InChI=1S/C22H30ClNO/c1-14-8-9-15(11-19(14)23)18-12-17(21(2,3)4)10-16(20(18)25)13-24-22(5,6)7/h8-12,24-25H,13H2,1-7H3. The van der Waals surface area contributed by atoms with Crippen LogP contribution in [0.4, 0.5) is 0 Å². The van der Waals surface area contributed by atoms with Gasteiger partial charge in [-0.25, -0.2) is 0 Å². The minimum absolute atomic E-state index is 0.00652. The lowest BCUT2D eigenvalue weighted by Gasteiger charge is -2.25. The maximum Gasteiger partial charge on any atom is 0.127 e. The molecular weight excluding hydrogens is 330 g/mol. The van der Waals surface area contributed by atoms with E-state index < -0.39 is 0 Å². The number of aryl methyl sites for hydroxylation is 1. The fraction of sp³-hybridized carbons (Fsp3) is 0.455. The molecule has 0 bridgehead atoms. The Morgan fingerprint density at radius 1 is 1.00 bits per heavy atom. The van der Waals surface area contributed by atoms with Crippen LogP contribution in [0.5, 0.6) is 5.75 Å². The van der Waals surface area contributed by atoms with Crippen molar-refractivity contribution in [2.75, 3.05) is 0 Å². The van der Waals surface area contributed by atoms with Crippen LogP contribution >= 0.6 is 11.6 Å². The van der Waals surface area contributed by atoms with E-state index in [9.17, 15) is 5.11 Å². The second-order valence-corrected chi connectivity index (χ2v) is 9.26. The Kier molecular flexibility index (Phi) is 5.56. The van der Waals surface area contributed by atoms with Gasteiger partial charge < -0.3 is 10.4 Å². The van der Waals surface area contributed by atoms with Crippen LogP contribution in [0.15, 0.2) is 30.3 Å². The Hall–Kier alpha value is -1.51. The van der Waals surface area contributed by atoms with Crippen molar-refractivity contribution in [1.82, 2.24) is 5.32 Å². The van der Waals surface area contributed by atoms with Crippen molar-refractivity contribution in [1.29, 1.82) is 0 Å². The average molecular weight is 360 g/mol. The van der Waals surface area contributed by atoms with E-state index in [4.69, 9.17) is 11.6 Å². The largest absolute Gasteiger partial charge is 0.507 e. The van der Waals surface area contributed by atoms with Gasteiger partial charge in [0.15, 0.2) is 0 Å². The van der Waals surface area contributed by atoms with Crippen molar-refractivity contribution in [3.05, 3.63) is 52.0 Å². The third-order valence-electron chi connectivity index (χ3n) is 4.35. The number of aromatic hydroxyl groups is 1. The molecule has 136 valence electrons. The Morgan fingerprint density at radius 2 is 1.64 bits per heavy atom. The first kappa shape index (κ1) is 19.8. The molecule has 0 spiro atoms. The van der Waals surface area contributed by atoms with Gasteiger partial charge in [-0.1, -0.05) is 50.6 Å². The van der Waals surface area contributed by atoms with Crippen LogP contribution in [0.3, 0.4) is 0 Å². The predicted molar refractivity (Wildman–Crippen MR) is 109 cm³/mol. The number of halogens is 1. The van der Waals surface area contributed by atoms with Crippen LogP contribution in [-0.2, 0) is 12.0 Å². The summed E-state index contributed by atoms with van der Waals surface area (Å²) in [4.78, 5) is 0. The smallest absolute Gasteiger partial charge is 0.127 e. The average Bonchev–Trinajstić information content (AvgIpc) is 2.47. The Balaban J connectivity index is 2.59. The van der Waals surface area contributed by atoms with E-state index in [2.05, 4.69) is 59.0 Å². The molecule has 0 saturated heterocycles. The van der Waals surface area contributed by atoms with Crippen molar-refractivity contribution >= 4 is 11.6 Å². The summed E-state index contributed by atoms with van der Waals surface area (Å²) in [5.41, 5.74) is 4.89. The van der Waals surface area contributed by atoms with Crippen LogP contribution in [0.25, 0.3) is 11.1 Å². The molecule has 2 rings (SSSR count). The van der Waals surface area contributed by atoms with Gasteiger partial charge in [0.1, 0.15) is 5.75 Å². The minimum atomic E-state index is -0.0164. The molecule has 0 aliphatic heterocycles. The van der Waals surface area contributed by atoms with E-state index >= 15 is 0 Å². The zero-order chi connectivity index (χ0) is 19.0. The lowest BCUT2D eigenvalue weighted by atomic mass is 9.83. The van der Waals surface area contributed by atoms with E-state index in [0.29, 0.717) is 17.3 Å². The quantitative estimate of drug-likeness (QED) is 0.683. The monoisotopic (exact) mass is 359 g/mol. The first-order valence-electron chi connectivity index (χ1n) is 8.76. The molecule has 0 saturated carbocycles. The van der Waals surface area contributed by atoms with Crippen molar-refractivity contribution in [2.45, 2.75) is 66.0 Å². The van der Waals surface area contributed by atoms with Gasteiger partial charge in [-0.2, -0.15) is 0 Å². The van der Waals surface area contributed by atoms with Crippen molar-refractivity contribution < 1.29 is 5.11 Å². The summed E-state index contributed by atoms with van der Waals surface area (Å²) in [6.07, 6.45) is 0. The molecule has 0 aliphatic carbocycles. The zero-order valence-corrected chi connectivity index (χ0v) is 17.2. The second-order valence-electron chi connectivity index (χ2n) is 8.85. The molecule has 0 heterocycles. The molecule has 0 atom stereocenters. The fourth-order valence-electron chi connectivity index (χ4n) is 2.60. The highest BCUT2D eigenvalue weighted by Crippen LogP contribution is 2.38. The highest BCUT2D eigenvalue weighted by molar-refractivity contribution is 6.31. The topological polar surface area (TPSA) is 32.3 Å². The number of rotatable bonds is 3. The van der Waals surface area contributed by atoms with Gasteiger partial charge in [0, 0.05) is 28.2 Å². The third kappa shape index (κ3) is 4.99. The van der Waals surface area contributed by atoms with E-state index in [-0.39, 0.29) is 11.0 Å². The third-order valence-corrected chi connectivity index (χ3v) is 4.75. The fourth-order valence-corrected chi connectivity index (χ4v) is 2.78. The predicted octanol–water partition coefficient (Wildman–Crippen LogP) is 6.21. The van der Waals surface area contributed by atoms with Gasteiger partial charge in [-0.3, -0.25) is 0 Å². The Morgan fingerprint density at radius 3 is 2.16 bits per heavy atom. The number of benzene rings is 2. The van der Waals surface area contributed by atoms with E-state index in [1.807, 2.05) is 25.1 Å². The normalized spacial score (nSPS) is 12.5. The molecule has 0 fully saturated rings. The Labute approximate surface area is 157 Å². The summed E-state index contributed by atoms with van der Waals surface area (Å²) < 4.78 is 0. The number of hydrogen-bond donors (Lipinski definition) is 2. The number of phenolic OH excluding ortho intramolecular Hbond substituents is 1. The van der Waals surface area contributed by atoms with Crippen LogP contribution < -0.4 is 5.32 Å². The number of hydrogen-bond acceptors (Lipinski definition) is 2. The van der Waals surface area contributed by atoms with Gasteiger partial charge >= 0.3 is 0 Å². The highest BCUT2D eigenvalue weighted by Gasteiger charge is 2.20. The summed E-state index contributed by atoms with van der Waals surface area (Å²) in [5, 5.41) is 15.1. The lowest BCUT2D eigenvalue weighted by Crippen LogP contribution is -2.35. The van der Waals surface area contributed by atoms with Gasteiger partial charge in [0.2, 0.25) is 0 Å². The molecule has 0 aromatic heterocycles. The lowest BCUT2D eigenvalue weighted by molar-refractivity contribution is 0.411. The molecular formula is C22H30ClNO. The van der Waals surface area contributed by atoms with Gasteiger partial charge in [0.05, 0.1) is 0 Å². The van der Waals surface area contributed by atoms with E-state index in [1.165, 1.54) is 5.56 Å². The first-order chi connectivity index (χ1) is 11.4. The molecule has 2 aromatic carbocycles. The highest BCUT2D eigenvalue weighted by atomic mass is 35.5. The van der Waals surface area contributed by atoms with Crippen LogP contribution in [0.1, 0.15) is 58.2 Å². The number of phenols is 1. The molecule has 25 heavy (non-hydrogen) atoms. The molecule has 0 radical (unpaired) electrons.